The molecular formula is C8H10N4. The highest BCUT2D eigenvalue weighted by Crippen LogP contribution is 2.13. The molecule has 0 bridgehead atoms. The van der Waals surface area contributed by atoms with Crippen LogP contribution in [-0.4, -0.2) is 21.7 Å². The van der Waals surface area contributed by atoms with Gasteiger partial charge in [0.25, 0.3) is 0 Å². The molecule has 4 heteroatoms. The second kappa shape index (κ2) is 2.91. The second-order valence-electron chi connectivity index (χ2n) is 2.67. The third kappa shape index (κ3) is 1.06. The van der Waals surface area contributed by atoms with E-state index >= 15 is 0 Å². The van der Waals surface area contributed by atoms with Gasteiger partial charge >= 0.3 is 0 Å². The SMILES string of the molecule is NCCc1cncc2cn[nH]c12. The Morgan fingerprint density at radius 2 is 2.25 bits per heavy atom. The lowest BCUT2D eigenvalue weighted by Crippen LogP contribution is -2.03. The van der Waals surface area contributed by atoms with Gasteiger partial charge in [0, 0.05) is 17.8 Å². The monoisotopic (exact) mass is 162 g/mol. The lowest BCUT2D eigenvalue weighted by molar-refractivity contribution is 0.961. The molecule has 2 aromatic rings. The van der Waals surface area contributed by atoms with Crippen LogP contribution in [0.5, 0.6) is 0 Å². The maximum Gasteiger partial charge on any atom is 0.0713 e. The number of nitrogens with two attached hydrogens (primary N) is 1. The fourth-order valence-electron chi connectivity index (χ4n) is 1.27. The van der Waals surface area contributed by atoms with Gasteiger partial charge in [0.05, 0.1) is 11.7 Å². The first-order valence-corrected chi connectivity index (χ1v) is 3.88. The molecule has 2 heterocycles. The van der Waals surface area contributed by atoms with Gasteiger partial charge in [-0.05, 0) is 18.5 Å². The Morgan fingerprint density at radius 3 is 3.08 bits per heavy atom. The Balaban J connectivity index is 2.57. The predicted molar refractivity (Wildman–Crippen MR) is 46.6 cm³/mol. The van der Waals surface area contributed by atoms with E-state index in [1.165, 1.54) is 0 Å². The molecule has 0 saturated carbocycles. The maximum atomic E-state index is 5.46. The summed E-state index contributed by atoms with van der Waals surface area (Å²) in [6.07, 6.45) is 6.22. The molecule has 0 radical (unpaired) electrons. The van der Waals surface area contributed by atoms with Gasteiger partial charge in [0.15, 0.2) is 0 Å². The van der Waals surface area contributed by atoms with Gasteiger partial charge in [0.1, 0.15) is 0 Å². The van der Waals surface area contributed by atoms with Crippen LogP contribution in [0.15, 0.2) is 18.6 Å². The first kappa shape index (κ1) is 7.24. The molecule has 12 heavy (non-hydrogen) atoms. The Morgan fingerprint density at radius 1 is 1.33 bits per heavy atom. The summed E-state index contributed by atoms with van der Waals surface area (Å²) in [6.45, 7) is 0.639. The summed E-state index contributed by atoms with van der Waals surface area (Å²) < 4.78 is 0. The molecule has 0 aliphatic rings. The largest absolute Gasteiger partial charge is 0.330 e. The van der Waals surface area contributed by atoms with Crippen LogP contribution in [-0.2, 0) is 6.42 Å². The molecule has 0 aliphatic carbocycles. The van der Waals surface area contributed by atoms with E-state index in [4.69, 9.17) is 5.73 Å². The van der Waals surface area contributed by atoms with Crippen LogP contribution < -0.4 is 5.73 Å². The Bertz CT molecular complexity index is 379. The molecule has 62 valence electrons. The molecule has 0 aliphatic heterocycles. The van der Waals surface area contributed by atoms with Crippen molar-refractivity contribution in [2.24, 2.45) is 5.73 Å². The van der Waals surface area contributed by atoms with E-state index in [0.717, 1.165) is 22.9 Å². The molecule has 0 saturated heterocycles. The minimum atomic E-state index is 0.639. The highest BCUT2D eigenvalue weighted by Gasteiger charge is 2.01. The van der Waals surface area contributed by atoms with Crippen molar-refractivity contribution < 1.29 is 0 Å². The lowest BCUT2D eigenvalue weighted by atomic mass is 10.1. The molecule has 0 atom stereocenters. The number of H-pyrrole nitrogens is 1. The van der Waals surface area contributed by atoms with Gasteiger partial charge in [-0.15, -0.1) is 0 Å². The standard InChI is InChI=1S/C8H10N4/c9-2-1-6-3-10-4-7-5-11-12-8(6)7/h3-5H,1-2,9H2,(H,11,12). The third-order valence-corrected chi connectivity index (χ3v) is 1.85. The number of nitrogens with zero attached hydrogens (tertiary/aromatic N) is 2. The summed E-state index contributed by atoms with van der Waals surface area (Å²) in [7, 11) is 0. The van der Waals surface area contributed by atoms with E-state index in [1.54, 1.807) is 12.4 Å². The summed E-state index contributed by atoms with van der Waals surface area (Å²) in [6, 6.07) is 0. The van der Waals surface area contributed by atoms with E-state index in [9.17, 15) is 0 Å². The molecule has 4 nitrogen and oxygen atoms in total. The zero-order chi connectivity index (χ0) is 8.39. The van der Waals surface area contributed by atoms with Crippen molar-refractivity contribution in [1.82, 2.24) is 15.2 Å². The topological polar surface area (TPSA) is 67.6 Å². The smallest absolute Gasteiger partial charge is 0.0713 e. The van der Waals surface area contributed by atoms with Crippen LogP contribution in [0.4, 0.5) is 0 Å². The normalized spacial score (nSPS) is 10.8. The minimum Gasteiger partial charge on any atom is -0.330 e. The summed E-state index contributed by atoms with van der Waals surface area (Å²) in [5.74, 6) is 0. The van der Waals surface area contributed by atoms with E-state index in [-0.39, 0.29) is 0 Å². The van der Waals surface area contributed by atoms with E-state index < -0.39 is 0 Å². The molecule has 0 unspecified atom stereocenters. The third-order valence-electron chi connectivity index (χ3n) is 1.85. The highest BCUT2D eigenvalue weighted by molar-refractivity contribution is 5.79. The van der Waals surface area contributed by atoms with Gasteiger partial charge in [-0.3, -0.25) is 10.1 Å². The van der Waals surface area contributed by atoms with Crippen molar-refractivity contribution in [1.29, 1.82) is 0 Å². The summed E-state index contributed by atoms with van der Waals surface area (Å²) in [5, 5.41) is 7.91. The molecule has 2 rings (SSSR count). The number of aromatic nitrogens is 3. The molecular weight excluding hydrogens is 152 g/mol. The number of hydrogen-bond donors (Lipinski definition) is 2. The van der Waals surface area contributed by atoms with Crippen molar-refractivity contribution in [3.8, 4) is 0 Å². The van der Waals surface area contributed by atoms with Gasteiger partial charge in [-0.1, -0.05) is 0 Å². The lowest BCUT2D eigenvalue weighted by Gasteiger charge is -1.97. The second-order valence-corrected chi connectivity index (χ2v) is 2.67. The summed E-state index contributed by atoms with van der Waals surface area (Å²) in [5.41, 5.74) is 7.64. The van der Waals surface area contributed by atoms with Crippen LogP contribution in [0.2, 0.25) is 0 Å². The quantitative estimate of drug-likeness (QED) is 0.674. The average Bonchev–Trinajstić information content (AvgIpc) is 2.53. The van der Waals surface area contributed by atoms with Gasteiger partial charge in [0.2, 0.25) is 0 Å². The number of rotatable bonds is 2. The summed E-state index contributed by atoms with van der Waals surface area (Å²) in [4.78, 5) is 4.09. The van der Waals surface area contributed by atoms with Gasteiger partial charge in [-0.2, -0.15) is 5.10 Å². The van der Waals surface area contributed by atoms with Crippen LogP contribution in [0.1, 0.15) is 5.56 Å². The fourth-order valence-corrected chi connectivity index (χ4v) is 1.27. The highest BCUT2D eigenvalue weighted by atomic mass is 15.1. The predicted octanol–water partition coefficient (Wildman–Crippen LogP) is 0.459. The van der Waals surface area contributed by atoms with Crippen molar-refractivity contribution in [2.75, 3.05) is 6.54 Å². The first-order valence-electron chi connectivity index (χ1n) is 3.88. The van der Waals surface area contributed by atoms with Crippen LogP contribution in [0.25, 0.3) is 10.9 Å². The zero-order valence-corrected chi connectivity index (χ0v) is 6.62. The molecule has 0 fully saturated rings. The van der Waals surface area contributed by atoms with E-state index in [2.05, 4.69) is 15.2 Å². The number of fused-ring (bicyclic) bond motifs is 1. The maximum absolute atomic E-state index is 5.46. The Labute approximate surface area is 69.8 Å². The molecule has 0 aromatic carbocycles. The Hall–Kier alpha value is -1.42. The Kier molecular flexibility index (Phi) is 1.75. The van der Waals surface area contributed by atoms with Crippen molar-refractivity contribution >= 4 is 10.9 Å². The number of hydrogen-bond acceptors (Lipinski definition) is 3. The van der Waals surface area contributed by atoms with Crippen molar-refractivity contribution in [3.63, 3.8) is 0 Å². The van der Waals surface area contributed by atoms with Crippen molar-refractivity contribution in [2.45, 2.75) is 6.42 Å². The fraction of sp³-hybridized carbons (Fsp3) is 0.250. The van der Waals surface area contributed by atoms with Crippen LogP contribution >= 0.6 is 0 Å². The number of nitrogens with one attached hydrogen (secondary N) is 1. The van der Waals surface area contributed by atoms with Crippen molar-refractivity contribution in [3.05, 3.63) is 24.2 Å². The van der Waals surface area contributed by atoms with Gasteiger partial charge in [-0.25, -0.2) is 0 Å². The molecule has 0 amide bonds. The first-order chi connectivity index (χ1) is 5.92. The van der Waals surface area contributed by atoms with E-state index in [0.29, 0.717) is 6.54 Å². The van der Waals surface area contributed by atoms with Crippen LogP contribution in [0, 0.1) is 0 Å². The minimum absolute atomic E-state index is 0.639. The molecule has 0 spiro atoms. The number of pyridine rings is 1. The average molecular weight is 162 g/mol. The molecule has 3 N–H and O–H groups in total. The van der Waals surface area contributed by atoms with Crippen LogP contribution in [0.3, 0.4) is 0 Å². The van der Waals surface area contributed by atoms with E-state index in [1.807, 2.05) is 6.20 Å². The molecule has 2 aromatic heterocycles. The number of aromatic amines is 1. The van der Waals surface area contributed by atoms with Gasteiger partial charge < -0.3 is 5.73 Å². The zero-order valence-electron chi connectivity index (χ0n) is 6.62. The summed E-state index contributed by atoms with van der Waals surface area (Å²) >= 11 is 0.